The lowest BCUT2D eigenvalue weighted by Gasteiger charge is -2.34. The van der Waals surface area contributed by atoms with Crippen molar-refractivity contribution in [2.75, 3.05) is 12.4 Å². The first-order valence-corrected chi connectivity index (χ1v) is 13.5. The number of unbranched alkanes of at least 4 members (excludes halogenated alkanes) is 2. The molecule has 0 aliphatic carbocycles. The summed E-state index contributed by atoms with van der Waals surface area (Å²) in [5, 5.41) is 8.44. The first-order chi connectivity index (χ1) is 17.6. The highest BCUT2D eigenvalue weighted by Gasteiger charge is 2.42. The zero-order chi connectivity index (χ0) is 27.0. The molecule has 3 atom stereocenters. The predicted octanol–water partition coefficient (Wildman–Crippen LogP) is 1.86. The molecule has 0 radical (unpaired) electrons. The summed E-state index contributed by atoms with van der Waals surface area (Å²) in [7, 11) is 0. The number of amides is 4. The van der Waals surface area contributed by atoms with E-state index in [-0.39, 0.29) is 29.9 Å². The Hall–Kier alpha value is -2.94. The Balaban J connectivity index is 1.80. The van der Waals surface area contributed by atoms with Gasteiger partial charge in [0.1, 0.15) is 29.4 Å². The molecule has 37 heavy (non-hydrogen) atoms. The number of halogens is 1. The molecule has 2 heterocycles. The van der Waals surface area contributed by atoms with E-state index in [4.69, 9.17) is 11.6 Å². The van der Waals surface area contributed by atoms with Crippen LogP contribution in [0, 0.1) is 0 Å². The number of alkyl halides is 1. The Bertz CT molecular complexity index is 1000. The van der Waals surface area contributed by atoms with Gasteiger partial charge in [-0.15, -0.1) is 11.6 Å². The fraction of sp³-hybridized carbons (Fsp3) is 0.593. The van der Waals surface area contributed by atoms with Crippen molar-refractivity contribution in [1.82, 2.24) is 20.9 Å². The Morgan fingerprint density at radius 2 is 1.73 bits per heavy atom. The van der Waals surface area contributed by atoms with E-state index in [9.17, 15) is 24.0 Å². The first-order valence-electron chi connectivity index (χ1n) is 13.0. The zero-order valence-electron chi connectivity index (χ0n) is 21.6. The highest BCUT2D eigenvalue weighted by atomic mass is 35.5. The summed E-state index contributed by atoms with van der Waals surface area (Å²) < 4.78 is 0. The minimum Gasteiger partial charge on any atom is -0.343 e. The predicted molar refractivity (Wildman–Crippen MR) is 140 cm³/mol. The number of hydrogen-bond donors (Lipinski definition) is 3. The van der Waals surface area contributed by atoms with Crippen molar-refractivity contribution >= 4 is 41.0 Å². The summed E-state index contributed by atoms with van der Waals surface area (Å²) >= 11 is 5.54. The summed E-state index contributed by atoms with van der Waals surface area (Å²) in [5.74, 6) is -1.65. The number of carbonyl (C=O) groups excluding carboxylic acids is 5. The summed E-state index contributed by atoms with van der Waals surface area (Å²) in [4.78, 5) is 66.4. The van der Waals surface area contributed by atoms with Gasteiger partial charge < -0.3 is 20.9 Å². The SMILES string of the molecule is CC1(C)NC(=O)[C@H](CCCCCC(=O)CCl)NC(=O)[C@@H]2CCCN2C(=O)[C@H](Cc2ccccc2)NC1=O. The molecule has 0 saturated carbocycles. The molecule has 3 N–H and O–H groups in total. The van der Waals surface area contributed by atoms with Gasteiger partial charge in [-0.25, -0.2) is 0 Å². The third kappa shape index (κ3) is 7.77. The van der Waals surface area contributed by atoms with E-state index >= 15 is 0 Å². The van der Waals surface area contributed by atoms with Crippen molar-refractivity contribution < 1.29 is 24.0 Å². The molecule has 0 unspecified atom stereocenters. The van der Waals surface area contributed by atoms with E-state index in [0.29, 0.717) is 51.5 Å². The molecule has 4 amide bonds. The Morgan fingerprint density at radius 3 is 2.43 bits per heavy atom. The summed E-state index contributed by atoms with van der Waals surface area (Å²) in [6, 6.07) is 6.93. The molecule has 2 saturated heterocycles. The molecule has 202 valence electrons. The summed E-state index contributed by atoms with van der Waals surface area (Å²) in [6.07, 6.45) is 4.10. The average molecular weight is 533 g/mol. The number of nitrogens with one attached hydrogen (secondary N) is 3. The van der Waals surface area contributed by atoms with Crippen LogP contribution >= 0.6 is 11.6 Å². The Kier molecular flexibility index (Phi) is 10.1. The molecule has 10 heteroatoms. The number of hydrogen-bond acceptors (Lipinski definition) is 5. The second-order valence-electron chi connectivity index (χ2n) is 10.4. The van der Waals surface area contributed by atoms with Gasteiger partial charge in [-0.3, -0.25) is 24.0 Å². The molecule has 1 aromatic rings. The molecule has 1 aromatic carbocycles. The number of fused-ring (bicyclic) bond motifs is 1. The van der Waals surface area contributed by atoms with E-state index in [1.54, 1.807) is 13.8 Å². The van der Waals surface area contributed by atoms with Crippen molar-refractivity contribution in [3.05, 3.63) is 35.9 Å². The van der Waals surface area contributed by atoms with Crippen molar-refractivity contribution in [3.8, 4) is 0 Å². The normalized spacial score (nSPS) is 24.3. The number of nitrogens with zero attached hydrogens (tertiary/aromatic N) is 1. The number of ketones is 1. The van der Waals surface area contributed by atoms with Gasteiger partial charge in [-0.05, 0) is 45.1 Å². The van der Waals surface area contributed by atoms with Crippen LogP contribution in [0.1, 0.15) is 64.4 Å². The van der Waals surface area contributed by atoms with Crippen molar-refractivity contribution in [3.63, 3.8) is 0 Å². The van der Waals surface area contributed by atoms with E-state index in [0.717, 1.165) is 5.56 Å². The molecule has 2 aliphatic heterocycles. The third-order valence-corrected chi connectivity index (χ3v) is 7.26. The van der Waals surface area contributed by atoms with Crippen LogP contribution < -0.4 is 16.0 Å². The fourth-order valence-corrected chi connectivity index (χ4v) is 4.93. The maximum absolute atomic E-state index is 13.6. The minimum absolute atomic E-state index is 0.0128. The van der Waals surface area contributed by atoms with Crippen molar-refractivity contribution in [2.24, 2.45) is 0 Å². The van der Waals surface area contributed by atoms with Crippen LogP contribution in [0.4, 0.5) is 0 Å². The van der Waals surface area contributed by atoms with Crippen LogP contribution in [0.3, 0.4) is 0 Å². The molecule has 0 spiro atoms. The van der Waals surface area contributed by atoms with Gasteiger partial charge in [0.05, 0.1) is 5.88 Å². The van der Waals surface area contributed by atoms with Crippen LogP contribution in [0.2, 0.25) is 0 Å². The second-order valence-corrected chi connectivity index (χ2v) is 10.6. The van der Waals surface area contributed by atoms with Crippen LogP contribution in [-0.4, -0.2) is 70.4 Å². The molecular weight excluding hydrogens is 496 g/mol. The van der Waals surface area contributed by atoms with E-state index < -0.39 is 35.5 Å². The van der Waals surface area contributed by atoms with E-state index in [2.05, 4.69) is 16.0 Å². The van der Waals surface area contributed by atoms with Gasteiger partial charge >= 0.3 is 0 Å². The molecule has 0 aromatic heterocycles. The third-order valence-electron chi connectivity index (χ3n) is 6.96. The lowest BCUT2D eigenvalue weighted by molar-refractivity contribution is -0.144. The van der Waals surface area contributed by atoms with Crippen LogP contribution in [0.15, 0.2) is 30.3 Å². The van der Waals surface area contributed by atoms with Gasteiger partial charge in [0.2, 0.25) is 23.6 Å². The lowest BCUT2D eigenvalue weighted by Crippen LogP contribution is -2.64. The van der Waals surface area contributed by atoms with Gasteiger partial charge in [0, 0.05) is 19.4 Å². The number of rotatable bonds is 9. The molecule has 2 aliphatic rings. The van der Waals surface area contributed by atoms with Crippen molar-refractivity contribution in [2.45, 2.75) is 88.9 Å². The van der Waals surface area contributed by atoms with Gasteiger partial charge in [-0.2, -0.15) is 0 Å². The smallest absolute Gasteiger partial charge is 0.246 e. The fourth-order valence-electron chi connectivity index (χ4n) is 4.79. The molecule has 0 bridgehead atoms. The van der Waals surface area contributed by atoms with Crippen molar-refractivity contribution in [1.29, 1.82) is 0 Å². The van der Waals surface area contributed by atoms with Crippen LogP contribution in [-0.2, 0) is 30.4 Å². The maximum Gasteiger partial charge on any atom is 0.246 e. The quantitative estimate of drug-likeness (QED) is 0.331. The number of carbonyl (C=O) groups is 5. The zero-order valence-corrected chi connectivity index (χ0v) is 22.3. The molecular formula is C27H37ClN4O5. The lowest BCUT2D eigenvalue weighted by atomic mass is 9.98. The molecule has 2 fully saturated rings. The van der Waals surface area contributed by atoms with Gasteiger partial charge in [-0.1, -0.05) is 43.2 Å². The van der Waals surface area contributed by atoms with Gasteiger partial charge in [0.15, 0.2) is 0 Å². The largest absolute Gasteiger partial charge is 0.343 e. The minimum atomic E-state index is -1.31. The number of benzene rings is 1. The molecule has 3 rings (SSSR count). The summed E-state index contributed by atoms with van der Waals surface area (Å²) in [5.41, 5.74) is -0.436. The monoisotopic (exact) mass is 532 g/mol. The number of Topliss-reactive ketones (excluding diaryl/α,β-unsaturated/α-hetero) is 1. The topological polar surface area (TPSA) is 125 Å². The average Bonchev–Trinajstić information content (AvgIpc) is 3.36. The molecule has 9 nitrogen and oxygen atoms in total. The summed E-state index contributed by atoms with van der Waals surface area (Å²) in [6.45, 7) is 3.56. The van der Waals surface area contributed by atoms with Crippen LogP contribution in [0.25, 0.3) is 0 Å². The highest BCUT2D eigenvalue weighted by Crippen LogP contribution is 2.21. The highest BCUT2D eigenvalue weighted by molar-refractivity contribution is 6.27. The van der Waals surface area contributed by atoms with E-state index in [1.165, 1.54) is 4.90 Å². The first kappa shape index (κ1) is 28.6. The Labute approximate surface area is 223 Å². The Morgan fingerprint density at radius 1 is 1.00 bits per heavy atom. The second kappa shape index (κ2) is 13.0. The van der Waals surface area contributed by atoms with E-state index in [1.807, 2.05) is 30.3 Å². The maximum atomic E-state index is 13.6. The standard InChI is InChI=1S/C27H37ClN4O5/c1-27(2)26(37)30-21(16-18-10-5-3-6-11-18)25(36)32-15-9-14-22(32)24(35)29-20(23(34)31-27)13-8-4-7-12-19(33)17-28/h3,5-6,10-11,20-22H,4,7-9,12-17H2,1-2H3,(H,29,35)(H,30,37)(H,31,34)/t20-,21-,22-/m0/s1. The van der Waals surface area contributed by atoms with Gasteiger partial charge in [0.25, 0.3) is 0 Å². The van der Waals surface area contributed by atoms with Crippen LogP contribution in [0.5, 0.6) is 0 Å².